The third kappa shape index (κ3) is 4.31. The molecule has 3 aromatic carbocycles. The minimum Gasteiger partial charge on any atom is -0.493 e. The summed E-state index contributed by atoms with van der Waals surface area (Å²) in [5.74, 6) is 2.20. The van der Waals surface area contributed by atoms with Gasteiger partial charge in [-0.3, -0.25) is 4.90 Å². The Morgan fingerprint density at radius 2 is 1.64 bits per heavy atom. The molecule has 1 aromatic heterocycles. The van der Waals surface area contributed by atoms with Crippen LogP contribution in [0.15, 0.2) is 83.0 Å². The largest absolute Gasteiger partial charge is 0.493 e. The predicted octanol–water partition coefficient (Wildman–Crippen LogP) is 5.93. The molecule has 4 aromatic rings. The van der Waals surface area contributed by atoms with Crippen LogP contribution in [-0.2, 0) is 0 Å². The van der Waals surface area contributed by atoms with E-state index in [4.69, 9.17) is 31.2 Å². The predicted molar refractivity (Wildman–Crippen MR) is 144 cm³/mol. The van der Waals surface area contributed by atoms with Gasteiger partial charge in [0.25, 0.3) is 5.89 Å². The molecular weight excluding hydrogens is 472 g/mol. The molecule has 8 heteroatoms. The number of methoxy groups -OCH3 is 2. The molecule has 0 fully saturated rings. The molecule has 0 spiro atoms. The molecule has 0 saturated carbocycles. The first kappa shape index (κ1) is 23.6. The first-order valence-corrected chi connectivity index (χ1v) is 11.9. The summed E-state index contributed by atoms with van der Waals surface area (Å²) in [5, 5.41) is 8.33. The number of nitrogens with one attached hydrogen (secondary N) is 1. The van der Waals surface area contributed by atoms with Gasteiger partial charge >= 0.3 is 0 Å². The zero-order valence-electron chi connectivity index (χ0n) is 20.5. The van der Waals surface area contributed by atoms with Crippen LogP contribution in [0.1, 0.15) is 30.0 Å². The Morgan fingerprint density at radius 3 is 2.33 bits per heavy atom. The Balaban J connectivity index is 1.66. The topological polar surface area (TPSA) is 72.7 Å². The van der Waals surface area contributed by atoms with Crippen molar-refractivity contribution in [2.75, 3.05) is 19.1 Å². The number of aromatic nitrogens is 2. The molecule has 0 aliphatic carbocycles. The lowest BCUT2D eigenvalue weighted by molar-refractivity contribution is 0.354. The maximum absolute atomic E-state index is 5.85. The van der Waals surface area contributed by atoms with E-state index in [-0.39, 0.29) is 6.04 Å². The summed E-state index contributed by atoms with van der Waals surface area (Å²) < 4.78 is 16.8. The van der Waals surface area contributed by atoms with E-state index in [0.717, 1.165) is 28.1 Å². The number of aryl methyl sites for hydroxylation is 1. The summed E-state index contributed by atoms with van der Waals surface area (Å²) in [7, 11) is 3.23. The first-order valence-electron chi connectivity index (χ1n) is 11.5. The van der Waals surface area contributed by atoms with Gasteiger partial charge in [-0.05, 0) is 55.9 Å². The third-order valence-corrected chi connectivity index (χ3v) is 6.51. The summed E-state index contributed by atoms with van der Waals surface area (Å²) in [6, 6.07) is 23.4. The van der Waals surface area contributed by atoms with E-state index >= 15 is 0 Å². The van der Waals surface area contributed by atoms with E-state index in [1.165, 1.54) is 5.56 Å². The van der Waals surface area contributed by atoms with Crippen LogP contribution in [0.2, 0.25) is 0 Å². The average Bonchev–Trinajstić information content (AvgIpc) is 3.39. The lowest BCUT2D eigenvalue weighted by atomic mass is 9.94. The van der Waals surface area contributed by atoms with Crippen molar-refractivity contribution in [2.24, 2.45) is 0 Å². The number of hydrogen-bond acceptors (Lipinski definition) is 6. The standard InChI is InChI=1S/C28H26N4O3S/c1-17-10-13-21(14-11-17)32-18(2)24(27-30-26(31-35-27)19-8-6-5-7-9-19)25(29-28(32)36)20-12-15-22(33-3)23(16-20)34-4/h5-16,25H,1-4H3,(H,29,36). The van der Waals surface area contributed by atoms with Gasteiger partial charge in [-0.15, -0.1) is 0 Å². The fourth-order valence-electron chi connectivity index (χ4n) is 4.34. The minimum atomic E-state index is -0.344. The van der Waals surface area contributed by atoms with E-state index in [1.807, 2.05) is 72.5 Å². The van der Waals surface area contributed by atoms with E-state index < -0.39 is 0 Å². The average molecular weight is 499 g/mol. The number of hydrogen-bond donors (Lipinski definition) is 1. The highest BCUT2D eigenvalue weighted by Crippen LogP contribution is 2.41. The van der Waals surface area contributed by atoms with E-state index in [9.17, 15) is 0 Å². The zero-order chi connectivity index (χ0) is 25.2. The number of anilines is 1. The molecule has 1 atom stereocenters. The highest BCUT2D eigenvalue weighted by molar-refractivity contribution is 7.80. The molecule has 1 N–H and O–H groups in total. The molecule has 7 nitrogen and oxygen atoms in total. The third-order valence-electron chi connectivity index (χ3n) is 6.21. The summed E-state index contributed by atoms with van der Waals surface area (Å²) >= 11 is 5.85. The summed E-state index contributed by atoms with van der Waals surface area (Å²) in [6.45, 7) is 4.07. The highest BCUT2D eigenvalue weighted by Gasteiger charge is 2.35. The van der Waals surface area contributed by atoms with Gasteiger partial charge in [0.2, 0.25) is 5.82 Å². The fourth-order valence-corrected chi connectivity index (χ4v) is 4.70. The van der Waals surface area contributed by atoms with Crippen LogP contribution >= 0.6 is 12.2 Å². The second-order valence-corrected chi connectivity index (χ2v) is 8.84. The van der Waals surface area contributed by atoms with Gasteiger partial charge in [0, 0.05) is 16.9 Å². The van der Waals surface area contributed by atoms with Crippen molar-refractivity contribution < 1.29 is 14.0 Å². The fraction of sp³-hybridized carbons (Fsp3) is 0.179. The molecule has 0 bridgehead atoms. The van der Waals surface area contributed by atoms with Gasteiger partial charge in [-0.25, -0.2) is 0 Å². The number of benzene rings is 3. The van der Waals surface area contributed by atoms with Crippen LogP contribution in [0.4, 0.5) is 5.69 Å². The number of rotatable bonds is 6. The first-order chi connectivity index (χ1) is 17.5. The normalized spacial score (nSPS) is 15.6. The monoisotopic (exact) mass is 498 g/mol. The molecule has 36 heavy (non-hydrogen) atoms. The van der Waals surface area contributed by atoms with Crippen LogP contribution < -0.4 is 19.7 Å². The van der Waals surface area contributed by atoms with Crippen molar-refractivity contribution in [1.82, 2.24) is 15.5 Å². The van der Waals surface area contributed by atoms with Crippen molar-refractivity contribution in [2.45, 2.75) is 19.9 Å². The van der Waals surface area contributed by atoms with Crippen LogP contribution in [0.3, 0.4) is 0 Å². The van der Waals surface area contributed by atoms with Crippen molar-refractivity contribution in [3.8, 4) is 22.9 Å². The van der Waals surface area contributed by atoms with Crippen LogP contribution in [0.5, 0.6) is 11.5 Å². The molecule has 1 aliphatic heterocycles. The number of ether oxygens (including phenoxy) is 2. The lowest BCUT2D eigenvalue weighted by Gasteiger charge is -2.37. The van der Waals surface area contributed by atoms with Crippen LogP contribution in [0, 0.1) is 6.92 Å². The Labute approximate surface area is 215 Å². The second-order valence-electron chi connectivity index (χ2n) is 8.46. The smallest absolute Gasteiger partial charge is 0.258 e. The lowest BCUT2D eigenvalue weighted by Crippen LogP contribution is -2.46. The Kier molecular flexibility index (Phi) is 6.43. The maximum Gasteiger partial charge on any atom is 0.258 e. The van der Waals surface area contributed by atoms with E-state index in [1.54, 1.807) is 14.2 Å². The number of allylic oxidation sites excluding steroid dienone is 1. The molecule has 2 heterocycles. The molecule has 0 radical (unpaired) electrons. The number of thiocarbonyl (C=S) groups is 1. The molecule has 5 rings (SSSR count). The van der Waals surface area contributed by atoms with Crippen molar-refractivity contribution in [3.05, 3.63) is 95.5 Å². The Morgan fingerprint density at radius 1 is 0.917 bits per heavy atom. The van der Waals surface area contributed by atoms with Gasteiger partial charge in [0.15, 0.2) is 16.6 Å². The second kappa shape index (κ2) is 9.83. The summed E-state index contributed by atoms with van der Waals surface area (Å²) in [5.41, 5.74) is 5.64. The molecule has 0 saturated heterocycles. The summed E-state index contributed by atoms with van der Waals surface area (Å²) in [6.07, 6.45) is 0. The zero-order valence-corrected chi connectivity index (χ0v) is 21.3. The van der Waals surface area contributed by atoms with E-state index in [0.29, 0.717) is 28.3 Å². The molecule has 182 valence electrons. The molecule has 0 amide bonds. The molecular formula is C28H26N4O3S. The number of nitrogens with zero attached hydrogens (tertiary/aromatic N) is 3. The quantitative estimate of drug-likeness (QED) is 0.328. The van der Waals surface area contributed by atoms with Crippen LogP contribution in [-0.4, -0.2) is 29.5 Å². The van der Waals surface area contributed by atoms with Crippen molar-refractivity contribution >= 4 is 28.6 Å². The highest BCUT2D eigenvalue weighted by atomic mass is 32.1. The molecule has 1 unspecified atom stereocenters. The SMILES string of the molecule is COc1ccc(C2NC(=S)N(c3ccc(C)cc3)C(C)=C2c2nc(-c3ccccc3)no2)cc1OC. The van der Waals surface area contributed by atoms with Crippen molar-refractivity contribution in [1.29, 1.82) is 0 Å². The summed E-state index contributed by atoms with van der Waals surface area (Å²) in [4.78, 5) is 6.77. The van der Waals surface area contributed by atoms with Crippen LogP contribution in [0.25, 0.3) is 17.0 Å². The molecule has 1 aliphatic rings. The van der Waals surface area contributed by atoms with Gasteiger partial charge in [0.1, 0.15) is 0 Å². The van der Waals surface area contributed by atoms with Gasteiger partial charge < -0.3 is 19.3 Å². The minimum absolute atomic E-state index is 0.344. The Hall–Kier alpha value is -4.17. The maximum atomic E-state index is 5.85. The van der Waals surface area contributed by atoms with E-state index in [2.05, 4.69) is 29.5 Å². The Bertz CT molecular complexity index is 1430. The van der Waals surface area contributed by atoms with Gasteiger partial charge in [0.05, 0.1) is 25.8 Å². The van der Waals surface area contributed by atoms with Crippen molar-refractivity contribution in [3.63, 3.8) is 0 Å². The van der Waals surface area contributed by atoms with Gasteiger partial charge in [-0.2, -0.15) is 4.98 Å². The van der Waals surface area contributed by atoms with Gasteiger partial charge in [-0.1, -0.05) is 59.3 Å².